The second-order valence-electron chi connectivity index (χ2n) is 6.61. The topological polar surface area (TPSA) is 15.3 Å². The third-order valence-electron chi connectivity index (χ3n) is 4.95. The zero-order valence-electron chi connectivity index (χ0n) is 12.6. The van der Waals surface area contributed by atoms with Crippen LogP contribution in [0.25, 0.3) is 0 Å². The first-order chi connectivity index (χ1) is 8.72. The van der Waals surface area contributed by atoms with Gasteiger partial charge in [-0.2, -0.15) is 0 Å². The predicted molar refractivity (Wildman–Crippen MR) is 78.9 cm³/mol. The lowest BCUT2D eigenvalue weighted by Gasteiger charge is -2.35. The Labute approximate surface area is 114 Å². The number of hydrogen-bond donors (Lipinski definition) is 1. The highest BCUT2D eigenvalue weighted by Gasteiger charge is 2.29. The van der Waals surface area contributed by atoms with Crippen LogP contribution in [0.5, 0.6) is 0 Å². The van der Waals surface area contributed by atoms with E-state index in [0.29, 0.717) is 0 Å². The van der Waals surface area contributed by atoms with E-state index in [9.17, 15) is 0 Å². The Kier molecular flexibility index (Phi) is 5.50. The van der Waals surface area contributed by atoms with Crippen LogP contribution in [0.15, 0.2) is 0 Å². The first-order valence-electron chi connectivity index (χ1n) is 8.19. The van der Waals surface area contributed by atoms with Crippen molar-refractivity contribution < 1.29 is 0 Å². The van der Waals surface area contributed by atoms with Gasteiger partial charge in [0.1, 0.15) is 0 Å². The first-order valence-corrected chi connectivity index (χ1v) is 8.19. The minimum Gasteiger partial charge on any atom is -0.312 e. The molecule has 0 aliphatic heterocycles. The summed E-state index contributed by atoms with van der Waals surface area (Å²) < 4.78 is 0. The summed E-state index contributed by atoms with van der Waals surface area (Å²) in [5, 5.41) is 3.86. The van der Waals surface area contributed by atoms with Gasteiger partial charge in [0.25, 0.3) is 0 Å². The third-order valence-corrected chi connectivity index (χ3v) is 4.95. The van der Waals surface area contributed by atoms with Gasteiger partial charge in [0, 0.05) is 25.2 Å². The van der Waals surface area contributed by atoms with Gasteiger partial charge in [-0.15, -0.1) is 0 Å². The van der Waals surface area contributed by atoms with E-state index in [2.05, 4.69) is 31.0 Å². The average Bonchev–Trinajstić information content (AvgIpc) is 3.19. The quantitative estimate of drug-likeness (QED) is 0.748. The van der Waals surface area contributed by atoms with Crippen molar-refractivity contribution >= 4 is 0 Å². The lowest BCUT2D eigenvalue weighted by molar-refractivity contribution is 0.194. The minimum atomic E-state index is 0.789. The molecule has 1 N–H and O–H groups in total. The van der Waals surface area contributed by atoms with E-state index in [1.54, 1.807) is 0 Å². The normalized spacial score (nSPS) is 29.2. The van der Waals surface area contributed by atoms with Crippen molar-refractivity contribution in [1.29, 1.82) is 0 Å². The van der Waals surface area contributed by atoms with Crippen LogP contribution < -0.4 is 5.32 Å². The van der Waals surface area contributed by atoms with Gasteiger partial charge in [-0.3, -0.25) is 4.90 Å². The number of rotatable bonds is 7. The van der Waals surface area contributed by atoms with Crippen LogP contribution in [0.4, 0.5) is 0 Å². The molecule has 2 unspecified atom stereocenters. The SMILES string of the molecule is CCN(CCNC1CCCCC1C(C)C)C1CC1. The van der Waals surface area contributed by atoms with E-state index in [1.807, 2.05) is 0 Å². The molecule has 106 valence electrons. The Morgan fingerprint density at radius 3 is 2.44 bits per heavy atom. The second kappa shape index (κ2) is 6.91. The molecule has 2 aliphatic rings. The van der Waals surface area contributed by atoms with Gasteiger partial charge in [0.15, 0.2) is 0 Å². The highest BCUT2D eigenvalue weighted by Crippen LogP contribution is 2.30. The highest BCUT2D eigenvalue weighted by atomic mass is 15.2. The molecule has 2 heteroatoms. The van der Waals surface area contributed by atoms with Crippen molar-refractivity contribution in [1.82, 2.24) is 10.2 Å². The molecular weight excluding hydrogens is 220 g/mol. The monoisotopic (exact) mass is 252 g/mol. The maximum atomic E-state index is 3.86. The Hall–Kier alpha value is -0.0800. The molecule has 2 rings (SSSR count). The molecule has 0 aromatic heterocycles. The van der Waals surface area contributed by atoms with Gasteiger partial charge >= 0.3 is 0 Å². The summed E-state index contributed by atoms with van der Waals surface area (Å²) in [4.78, 5) is 2.65. The zero-order valence-corrected chi connectivity index (χ0v) is 12.6. The Balaban J connectivity index is 1.70. The van der Waals surface area contributed by atoms with Crippen molar-refractivity contribution in [3.05, 3.63) is 0 Å². The summed E-state index contributed by atoms with van der Waals surface area (Å²) in [5.41, 5.74) is 0. The molecule has 2 fully saturated rings. The number of hydrogen-bond acceptors (Lipinski definition) is 2. The lowest BCUT2D eigenvalue weighted by Crippen LogP contribution is -2.44. The van der Waals surface area contributed by atoms with Gasteiger partial charge in [0.2, 0.25) is 0 Å². The largest absolute Gasteiger partial charge is 0.312 e. The molecule has 2 atom stereocenters. The smallest absolute Gasteiger partial charge is 0.0110 e. The van der Waals surface area contributed by atoms with Gasteiger partial charge in [-0.25, -0.2) is 0 Å². The summed E-state index contributed by atoms with van der Waals surface area (Å²) in [5.74, 6) is 1.75. The van der Waals surface area contributed by atoms with Crippen molar-refractivity contribution in [3.63, 3.8) is 0 Å². The number of likely N-dealkylation sites (N-methyl/N-ethyl adjacent to an activating group) is 1. The minimum absolute atomic E-state index is 0.789. The van der Waals surface area contributed by atoms with E-state index in [4.69, 9.17) is 0 Å². The van der Waals surface area contributed by atoms with Crippen molar-refractivity contribution in [2.45, 2.75) is 71.4 Å². The maximum absolute atomic E-state index is 3.86. The van der Waals surface area contributed by atoms with Crippen molar-refractivity contribution in [3.8, 4) is 0 Å². The van der Waals surface area contributed by atoms with Crippen LogP contribution in [0.1, 0.15) is 59.3 Å². The molecule has 0 radical (unpaired) electrons. The number of nitrogens with one attached hydrogen (secondary N) is 1. The van der Waals surface area contributed by atoms with Crippen molar-refractivity contribution in [2.75, 3.05) is 19.6 Å². The molecular formula is C16H32N2. The van der Waals surface area contributed by atoms with Crippen LogP contribution in [-0.2, 0) is 0 Å². The van der Waals surface area contributed by atoms with Crippen molar-refractivity contribution in [2.24, 2.45) is 11.8 Å². The molecule has 18 heavy (non-hydrogen) atoms. The Morgan fingerprint density at radius 1 is 1.11 bits per heavy atom. The van der Waals surface area contributed by atoms with Gasteiger partial charge < -0.3 is 5.32 Å². The van der Waals surface area contributed by atoms with Crippen LogP contribution >= 0.6 is 0 Å². The summed E-state index contributed by atoms with van der Waals surface area (Å²) in [6.07, 6.45) is 8.59. The molecule has 2 aliphatic carbocycles. The molecule has 0 spiro atoms. The van der Waals surface area contributed by atoms with Crippen LogP contribution in [0.2, 0.25) is 0 Å². The molecule has 0 saturated heterocycles. The van der Waals surface area contributed by atoms with Gasteiger partial charge in [-0.05, 0) is 44.1 Å². The standard InChI is InChI=1S/C16H32N2/c1-4-18(14-9-10-14)12-11-17-16-8-6-5-7-15(16)13(2)3/h13-17H,4-12H2,1-3H3. The van der Waals surface area contributed by atoms with E-state index < -0.39 is 0 Å². The average molecular weight is 252 g/mol. The van der Waals surface area contributed by atoms with Crippen LogP contribution in [0, 0.1) is 11.8 Å². The molecule has 2 nitrogen and oxygen atoms in total. The Morgan fingerprint density at radius 2 is 1.83 bits per heavy atom. The molecule has 0 amide bonds. The molecule has 0 aromatic rings. The highest BCUT2D eigenvalue weighted by molar-refractivity contribution is 4.86. The summed E-state index contributed by atoms with van der Waals surface area (Å²) in [6, 6.07) is 1.71. The number of nitrogens with zero attached hydrogens (tertiary/aromatic N) is 1. The molecule has 2 saturated carbocycles. The predicted octanol–water partition coefficient (Wildman–Crippen LogP) is 3.28. The Bertz CT molecular complexity index is 235. The van der Waals surface area contributed by atoms with E-state index >= 15 is 0 Å². The zero-order chi connectivity index (χ0) is 13.0. The maximum Gasteiger partial charge on any atom is 0.0110 e. The fraction of sp³-hybridized carbons (Fsp3) is 1.00. The third kappa shape index (κ3) is 3.96. The second-order valence-corrected chi connectivity index (χ2v) is 6.61. The van der Waals surface area contributed by atoms with Crippen LogP contribution in [0.3, 0.4) is 0 Å². The fourth-order valence-electron chi connectivity index (χ4n) is 3.64. The summed E-state index contributed by atoms with van der Waals surface area (Å²) in [6.45, 7) is 10.8. The molecule has 0 heterocycles. The van der Waals surface area contributed by atoms with E-state index in [0.717, 1.165) is 23.9 Å². The first kappa shape index (κ1) is 14.3. The fourth-order valence-corrected chi connectivity index (χ4v) is 3.64. The van der Waals surface area contributed by atoms with E-state index in [1.165, 1.54) is 58.2 Å². The lowest BCUT2D eigenvalue weighted by atomic mass is 9.78. The van der Waals surface area contributed by atoms with Gasteiger partial charge in [-0.1, -0.05) is 33.6 Å². The van der Waals surface area contributed by atoms with E-state index in [-0.39, 0.29) is 0 Å². The van der Waals surface area contributed by atoms with Gasteiger partial charge in [0.05, 0.1) is 0 Å². The summed E-state index contributed by atoms with van der Waals surface area (Å²) >= 11 is 0. The summed E-state index contributed by atoms with van der Waals surface area (Å²) in [7, 11) is 0. The van der Waals surface area contributed by atoms with Crippen LogP contribution in [-0.4, -0.2) is 36.6 Å². The molecule has 0 bridgehead atoms. The molecule has 0 aromatic carbocycles.